The van der Waals surface area contributed by atoms with Crippen LogP contribution < -0.4 is 9.47 Å². The van der Waals surface area contributed by atoms with Crippen molar-refractivity contribution in [2.24, 2.45) is 0 Å². The summed E-state index contributed by atoms with van der Waals surface area (Å²) in [6.07, 6.45) is 7.55. The molecule has 0 bridgehead atoms. The minimum Gasteiger partial charge on any atom is -0.497 e. The van der Waals surface area contributed by atoms with Gasteiger partial charge in [-0.05, 0) is 72.9 Å². The highest BCUT2D eigenvalue weighted by molar-refractivity contribution is 8.00. The van der Waals surface area contributed by atoms with Crippen molar-refractivity contribution < 1.29 is 9.47 Å². The summed E-state index contributed by atoms with van der Waals surface area (Å²) in [5.74, 6) is 3.98. The lowest BCUT2D eigenvalue weighted by molar-refractivity contribution is 0.415. The molecule has 0 amide bonds. The van der Waals surface area contributed by atoms with Gasteiger partial charge in [0.25, 0.3) is 0 Å². The SMILES string of the molecule is COc1ccc2nc3ccccc3c(SCCCCCCCCSc3c4ccccc4nc4ccc(OC)cc34)c2c1. The van der Waals surface area contributed by atoms with Gasteiger partial charge in [0.05, 0.1) is 36.3 Å². The predicted molar refractivity (Wildman–Crippen MR) is 181 cm³/mol. The molecule has 0 saturated carbocycles. The molecule has 0 spiro atoms. The van der Waals surface area contributed by atoms with Crippen molar-refractivity contribution in [1.82, 2.24) is 9.97 Å². The number of ether oxygens (including phenoxy) is 2. The Morgan fingerprint density at radius 1 is 0.476 bits per heavy atom. The zero-order valence-electron chi connectivity index (χ0n) is 24.3. The van der Waals surface area contributed by atoms with Gasteiger partial charge in [-0.2, -0.15) is 0 Å². The lowest BCUT2D eigenvalue weighted by atomic mass is 10.1. The maximum atomic E-state index is 5.51. The van der Waals surface area contributed by atoms with E-state index in [0.717, 1.165) is 45.1 Å². The second kappa shape index (κ2) is 13.7. The smallest absolute Gasteiger partial charge is 0.119 e. The number of fused-ring (bicyclic) bond motifs is 4. The zero-order chi connectivity index (χ0) is 28.7. The Labute approximate surface area is 256 Å². The Balaban J connectivity index is 0.993. The van der Waals surface area contributed by atoms with Gasteiger partial charge in [0.2, 0.25) is 0 Å². The van der Waals surface area contributed by atoms with Crippen molar-refractivity contribution >= 4 is 67.1 Å². The molecule has 0 fully saturated rings. The summed E-state index contributed by atoms with van der Waals surface area (Å²) in [5.41, 5.74) is 4.17. The quantitative estimate of drug-likeness (QED) is 0.0755. The van der Waals surface area contributed by atoms with E-state index in [-0.39, 0.29) is 0 Å². The van der Waals surface area contributed by atoms with Gasteiger partial charge < -0.3 is 9.47 Å². The van der Waals surface area contributed by atoms with Crippen LogP contribution in [0.15, 0.2) is 94.7 Å². The Hall–Kier alpha value is -3.48. The number of aromatic nitrogens is 2. The minimum atomic E-state index is 0.879. The summed E-state index contributed by atoms with van der Waals surface area (Å²) >= 11 is 3.92. The van der Waals surface area contributed by atoms with E-state index in [2.05, 4.69) is 72.8 Å². The Morgan fingerprint density at radius 3 is 1.33 bits per heavy atom. The van der Waals surface area contributed by atoms with Crippen molar-refractivity contribution in [2.45, 2.75) is 48.3 Å². The highest BCUT2D eigenvalue weighted by Gasteiger charge is 2.12. The zero-order valence-corrected chi connectivity index (χ0v) is 25.9. The highest BCUT2D eigenvalue weighted by Crippen LogP contribution is 2.38. The van der Waals surface area contributed by atoms with Gasteiger partial charge in [-0.1, -0.05) is 62.1 Å². The third kappa shape index (κ3) is 6.30. The molecule has 4 aromatic carbocycles. The topological polar surface area (TPSA) is 44.2 Å². The van der Waals surface area contributed by atoms with Crippen LogP contribution in [0, 0.1) is 0 Å². The molecule has 0 saturated heterocycles. The fourth-order valence-electron chi connectivity index (χ4n) is 5.49. The van der Waals surface area contributed by atoms with Crippen molar-refractivity contribution in [3.63, 3.8) is 0 Å². The van der Waals surface area contributed by atoms with E-state index in [1.807, 2.05) is 35.7 Å². The molecule has 0 aliphatic rings. The molecule has 0 atom stereocenters. The standard InChI is InChI=1S/C36H36N2O2S2/c1-39-25-17-19-33-29(23-25)35(27-13-7-9-15-31(27)37-33)41-21-11-5-3-4-6-12-22-42-36-28-14-8-10-16-32(28)38-34-20-18-26(40-2)24-30(34)36/h7-10,13-20,23-24H,3-6,11-12,21-22H2,1-2H3. The third-order valence-electron chi connectivity index (χ3n) is 7.71. The third-order valence-corrected chi connectivity index (χ3v) is 10.1. The van der Waals surface area contributed by atoms with Crippen LogP contribution in [-0.2, 0) is 0 Å². The van der Waals surface area contributed by atoms with Crippen molar-refractivity contribution in [3.05, 3.63) is 84.9 Å². The summed E-state index contributed by atoms with van der Waals surface area (Å²) in [5, 5.41) is 4.83. The normalized spacial score (nSPS) is 11.6. The van der Waals surface area contributed by atoms with E-state index < -0.39 is 0 Å². The number of thioether (sulfide) groups is 2. The second-order valence-electron chi connectivity index (χ2n) is 10.5. The molecule has 2 aromatic heterocycles. The monoisotopic (exact) mass is 592 g/mol. The van der Waals surface area contributed by atoms with Crippen LogP contribution in [0.2, 0.25) is 0 Å². The fourth-order valence-corrected chi connectivity index (χ4v) is 7.89. The molecule has 0 aliphatic heterocycles. The molecular formula is C36H36N2O2S2. The first kappa shape index (κ1) is 28.6. The molecule has 0 aliphatic carbocycles. The number of methoxy groups -OCH3 is 2. The van der Waals surface area contributed by atoms with E-state index in [4.69, 9.17) is 19.4 Å². The molecule has 0 unspecified atom stereocenters. The number of pyridine rings is 2. The number of hydrogen-bond donors (Lipinski definition) is 0. The number of hydrogen-bond acceptors (Lipinski definition) is 6. The summed E-state index contributed by atoms with van der Waals surface area (Å²) in [6.45, 7) is 0. The minimum absolute atomic E-state index is 0.879. The second-order valence-corrected chi connectivity index (χ2v) is 12.7. The van der Waals surface area contributed by atoms with Gasteiger partial charge in [-0.3, -0.25) is 0 Å². The molecule has 42 heavy (non-hydrogen) atoms. The Morgan fingerprint density at radius 2 is 0.881 bits per heavy atom. The van der Waals surface area contributed by atoms with E-state index in [1.165, 1.54) is 69.9 Å². The average molecular weight is 593 g/mol. The van der Waals surface area contributed by atoms with Crippen LogP contribution in [0.3, 0.4) is 0 Å². The van der Waals surface area contributed by atoms with Crippen molar-refractivity contribution in [2.75, 3.05) is 25.7 Å². The Bertz CT molecular complexity index is 1700. The number of rotatable bonds is 13. The maximum absolute atomic E-state index is 5.51. The lowest BCUT2D eigenvalue weighted by Crippen LogP contribution is -1.91. The molecule has 6 rings (SSSR count). The van der Waals surface area contributed by atoms with Gasteiger partial charge in [0.15, 0.2) is 0 Å². The summed E-state index contributed by atoms with van der Waals surface area (Å²) in [4.78, 5) is 12.4. The summed E-state index contributed by atoms with van der Waals surface area (Å²) in [7, 11) is 3.45. The van der Waals surface area contributed by atoms with Crippen molar-refractivity contribution in [3.8, 4) is 11.5 Å². The van der Waals surface area contributed by atoms with Gasteiger partial charge in [-0.25, -0.2) is 9.97 Å². The molecule has 4 nitrogen and oxygen atoms in total. The maximum Gasteiger partial charge on any atom is 0.119 e. The van der Waals surface area contributed by atoms with Gasteiger partial charge in [-0.15, -0.1) is 23.5 Å². The molecular weight excluding hydrogens is 557 g/mol. The first-order valence-corrected chi connectivity index (χ1v) is 16.7. The van der Waals surface area contributed by atoms with Gasteiger partial charge in [0.1, 0.15) is 11.5 Å². The highest BCUT2D eigenvalue weighted by atomic mass is 32.2. The van der Waals surface area contributed by atoms with E-state index in [9.17, 15) is 0 Å². The first-order chi connectivity index (χ1) is 20.7. The summed E-state index contributed by atoms with van der Waals surface area (Å²) in [6, 6.07) is 29.3. The van der Waals surface area contributed by atoms with Gasteiger partial charge >= 0.3 is 0 Å². The van der Waals surface area contributed by atoms with E-state index in [1.54, 1.807) is 14.2 Å². The summed E-state index contributed by atoms with van der Waals surface area (Å²) < 4.78 is 11.0. The first-order valence-electron chi connectivity index (χ1n) is 14.7. The Kier molecular flexibility index (Phi) is 9.31. The van der Waals surface area contributed by atoms with Crippen LogP contribution in [-0.4, -0.2) is 35.7 Å². The number of benzene rings is 4. The largest absolute Gasteiger partial charge is 0.497 e. The number of unbranched alkanes of at least 4 members (excludes halogenated alkanes) is 5. The van der Waals surface area contributed by atoms with Crippen LogP contribution >= 0.6 is 23.5 Å². The van der Waals surface area contributed by atoms with E-state index in [0.29, 0.717) is 0 Å². The molecule has 0 N–H and O–H groups in total. The van der Waals surface area contributed by atoms with Crippen LogP contribution in [0.1, 0.15) is 38.5 Å². The average Bonchev–Trinajstić information content (AvgIpc) is 3.04. The molecule has 0 radical (unpaired) electrons. The van der Waals surface area contributed by atoms with Crippen LogP contribution in [0.5, 0.6) is 11.5 Å². The number of para-hydroxylation sites is 2. The van der Waals surface area contributed by atoms with Crippen LogP contribution in [0.4, 0.5) is 0 Å². The van der Waals surface area contributed by atoms with Crippen molar-refractivity contribution in [1.29, 1.82) is 0 Å². The van der Waals surface area contributed by atoms with E-state index >= 15 is 0 Å². The molecule has 6 heteroatoms. The van der Waals surface area contributed by atoms with Gasteiger partial charge in [0, 0.05) is 31.3 Å². The fraction of sp³-hybridized carbons (Fsp3) is 0.278. The molecule has 214 valence electrons. The molecule has 2 heterocycles. The number of nitrogens with zero attached hydrogens (tertiary/aromatic N) is 2. The predicted octanol–water partition coefficient (Wildman–Crippen LogP) is 10.3. The molecule has 6 aromatic rings. The lowest BCUT2D eigenvalue weighted by Gasteiger charge is -2.12. The van der Waals surface area contributed by atoms with Crippen LogP contribution in [0.25, 0.3) is 43.6 Å².